The Morgan fingerprint density at radius 3 is 2.67 bits per heavy atom. The molecule has 0 spiro atoms. The van der Waals surface area contributed by atoms with Crippen LogP contribution >= 0.6 is 11.8 Å². The third-order valence-electron chi connectivity index (χ3n) is 1.99. The molecule has 1 aromatic rings. The molecule has 0 amide bonds. The van der Waals surface area contributed by atoms with Gasteiger partial charge in [-0.15, -0.1) is 0 Å². The number of phenols is 1. The summed E-state index contributed by atoms with van der Waals surface area (Å²) in [5, 5.41) is 18.2. The van der Waals surface area contributed by atoms with Crippen molar-refractivity contribution in [3.05, 3.63) is 29.3 Å². The molecule has 0 aromatic heterocycles. The van der Waals surface area contributed by atoms with Crippen molar-refractivity contribution >= 4 is 22.8 Å². The molecule has 0 unspecified atom stereocenters. The molecule has 0 heterocycles. The number of thioether (sulfide) groups is 1. The van der Waals surface area contributed by atoms with Gasteiger partial charge in [0.15, 0.2) is 5.12 Å². The Hall–Kier alpha value is -1.93. The molecule has 0 aliphatic carbocycles. The van der Waals surface area contributed by atoms with E-state index >= 15 is 0 Å². The Morgan fingerprint density at radius 2 is 2.11 bits per heavy atom. The van der Waals surface area contributed by atoms with Crippen LogP contribution in [0.2, 0.25) is 0 Å². The zero-order valence-electron chi connectivity index (χ0n) is 9.77. The first-order valence-corrected chi connectivity index (χ1v) is 6.18. The summed E-state index contributed by atoms with van der Waals surface area (Å²) in [6, 6.07) is 4.16. The molecule has 1 rings (SSSR count). The van der Waals surface area contributed by atoms with Gasteiger partial charge in [-0.25, -0.2) is 4.79 Å². The average Bonchev–Trinajstić information content (AvgIpc) is 2.27. The highest BCUT2D eigenvalue weighted by Gasteiger charge is 2.08. The van der Waals surface area contributed by atoms with E-state index in [4.69, 9.17) is 5.11 Å². The second-order valence-corrected chi connectivity index (χ2v) is 4.70. The van der Waals surface area contributed by atoms with E-state index < -0.39 is 5.97 Å². The quantitative estimate of drug-likeness (QED) is 0.646. The molecule has 0 atom stereocenters. The number of aromatic carboxylic acids is 1. The van der Waals surface area contributed by atoms with Crippen LogP contribution in [-0.4, -0.2) is 27.1 Å². The van der Waals surface area contributed by atoms with Gasteiger partial charge in [0.2, 0.25) is 0 Å². The molecular weight excluding hydrogens is 252 g/mol. The summed E-state index contributed by atoms with van der Waals surface area (Å²) in [6.45, 7) is 1.50. The van der Waals surface area contributed by atoms with Crippen LogP contribution in [0, 0.1) is 11.8 Å². The van der Waals surface area contributed by atoms with Crippen molar-refractivity contribution in [2.24, 2.45) is 0 Å². The van der Waals surface area contributed by atoms with Gasteiger partial charge in [-0.1, -0.05) is 23.6 Å². The molecule has 0 bridgehead atoms. The molecule has 0 fully saturated rings. The van der Waals surface area contributed by atoms with Crippen molar-refractivity contribution in [2.75, 3.05) is 5.75 Å². The normalized spacial score (nSPS) is 9.39. The standard InChI is InChI=1S/C13H12O4S/c1-9(14)18-7-3-2-4-10-5-6-11(13(16)17)12(15)8-10/h5-6,8,15H,3,7H2,1H3,(H,16,17). The predicted molar refractivity (Wildman–Crippen MR) is 69.7 cm³/mol. The van der Waals surface area contributed by atoms with Gasteiger partial charge in [-0.05, 0) is 18.2 Å². The summed E-state index contributed by atoms with van der Waals surface area (Å²) in [7, 11) is 0. The molecule has 0 aliphatic heterocycles. The molecule has 0 saturated carbocycles. The lowest BCUT2D eigenvalue weighted by atomic mass is 10.1. The Labute approximate surface area is 109 Å². The van der Waals surface area contributed by atoms with Crippen LogP contribution in [-0.2, 0) is 4.79 Å². The maximum Gasteiger partial charge on any atom is 0.339 e. The minimum atomic E-state index is -1.18. The first kappa shape index (κ1) is 14.1. The first-order valence-electron chi connectivity index (χ1n) is 5.19. The lowest BCUT2D eigenvalue weighted by Gasteiger charge is -1.98. The molecule has 5 heteroatoms. The molecule has 4 nitrogen and oxygen atoms in total. The highest BCUT2D eigenvalue weighted by molar-refractivity contribution is 8.13. The number of aromatic hydroxyl groups is 1. The molecular formula is C13H12O4S. The SMILES string of the molecule is CC(=O)SCCC#Cc1ccc(C(=O)O)c(O)c1. The van der Waals surface area contributed by atoms with Crippen LogP contribution in [0.1, 0.15) is 29.3 Å². The third kappa shape index (κ3) is 4.52. The molecule has 0 aliphatic rings. The maximum atomic E-state index is 10.7. The van der Waals surface area contributed by atoms with E-state index in [2.05, 4.69) is 11.8 Å². The second-order valence-electron chi connectivity index (χ2n) is 3.43. The number of carboxylic acids is 1. The Balaban J connectivity index is 2.64. The molecule has 0 saturated heterocycles. The molecule has 94 valence electrons. The van der Waals surface area contributed by atoms with E-state index in [1.807, 2.05) is 0 Å². The highest BCUT2D eigenvalue weighted by atomic mass is 32.2. The minimum absolute atomic E-state index is 0.0558. The van der Waals surface area contributed by atoms with E-state index in [-0.39, 0.29) is 16.4 Å². The number of benzene rings is 1. The van der Waals surface area contributed by atoms with Gasteiger partial charge in [0.25, 0.3) is 0 Å². The van der Waals surface area contributed by atoms with E-state index in [0.29, 0.717) is 17.7 Å². The van der Waals surface area contributed by atoms with Gasteiger partial charge in [-0.2, -0.15) is 0 Å². The third-order valence-corrected chi connectivity index (χ3v) is 2.81. The summed E-state index contributed by atoms with van der Waals surface area (Å²) >= 11 is 1.21. The Bertz CT molecular complexity index is 526. The maximum absolute atomic E-state index is 10.7. The zero-order chi connectivity index (χ0) is 13.5. The second kappa shape index (κ2) is 6.72. The lowest BCUT2D eigenvalue weighted by Crippen LogP contribution is -1.96. The number of carbonyl (C=O) groups excluding carboxylic acids is 1. The fourth-order valence-corrected chi connectivity index (χ4v) is 1.69. The van der Waals surface area contributed by atoms with Crippen LogP contribution in [0.25, 0.3) is 0 Å². The number of hydrogen-bond acceptors (Lipinski definition) is 4. The van der Waals surface area contributed by atoms with Crippen molar-refractivity contribution in [3.8, 4) is 17.6 Å². The van der Waals surface area contributed by atoms with Crippen molar-refractivity contribution in [3.63, 3.8) is 0 Å². The summed E-state index contributed by atoms with van der Waals surface area (Å²) in [5.41, 5.74) is 0.401. The largest absolute Gasteiger partial charge is 0.507 e. The van der Waals surface area contributed by atoms with Crippen LogP contribution in [0.15, 0.2) is 18.2 Å². The minimum Gasteiger partial charge on any atom is -0.507 e. The van der Waals surface area contributed by atoms with Gasteiger partial charge in [0, 0.05) is 24.7 Å². The van der Waals surface area contributed by atoms with Crippen LogP contribution in [0.4, 0.5) is 0 Å². The van der Waals surface area contributed by atoms with Gasteiger partial charge in [0.05, 0.1) is 0 Å². The van der Waals surface area contributed by atoms with E-state index in [9.17, 15) is 14.7 Å². The Kier molecular flexibility index (Phi) is 5.28. The van der Waals surface area contributed by atoms with Gasteiger partial charge < -0.3 is 10.2 Å². The van der Waals surface area contributed by atoms with E-state index in [0.717, 1.165) is 0 Å². The molecule has 0 radical (unpaired) electrons. The zero-order valence-corrected chi connectivity index (χ0v) is 10.6. The summed E-state index contributed by atoms with van der Waals surface area (Å²) in [6.07, 6.45) is 0.561. The van der Waals surface area contributed by atoms with Crippen LogP contribution in [0.5, 0.6) is 5.75 Å². The van der Waals surface area contributed by atoms with Crippen LogP contribution in [0.3, 0.4) is 0 Å². The van der Waals surface area contributed by atoms with E-state index in [1.54, 1.807) is 0 Å². The molecule has 1 aromatic carbocycles. The summed E-state index contributed by atoms with van der Waals surface area (Å²) in [5.74, 6) is 4.80. The van der Waals surface area contributed by atoms with E-state index in [1.165, 1.54) is 36.9 Å². The number of rotatable bonds is 3. The van der Waals surface area contributed by atoms with Gasteiger partial charge in [-0.3, -0.25) is 4.79 Å². The average molecular weight is 264 g/mol. The van der Waals surface area contributed by atoms with Gasteiger partial charge in [0.1, 0.15) is 11.3 Å². The summed E-state index contributed by atoms with van der Waals surface area (Å²) in [4.78, 5) is 21.3. The van der Waals surface area contributed by atoms with Crippen LogP contribution < -0.4 is 0 Å². The van der Waals surface area contributed by atoms with Crippen molar-refractivity contribution in [1.29, 1.82) is 0 Å². The smallest absolute Gasteiger partial charge is 0.339 e. The van der Waals surface area contributed by atoms with Crippen molar-refractivity contribution < 1.29 is 19.8 Å². The fraction of sp³-hybridized carbons (Fsp3) is 0.231. The predicted octanol–water partition coefficient (Wildman–Crippen LogP) is 2.11. The lowest BCUT2D eigenvalue weighted by molar-refractivity contribution is -0.109. The fourth-order valence-electron chi connectivity index (χ4n) is 1.20. The topological polar surface area (TPSA) is 74.6 Å². The molecule has 18 heavy (non-hydrogen) atoms. The monoisotopic (exact) mass is 264 g/mol. The Morgan fingerprint density at radius 1 is 1.39 bits per heavy atom. The first-order chi connectivity index (χ1) is 8.50. The molecule has 2 N–H and O–H groups in total. The highest BCUT2D eigenvalue weighted by Crippen LogP contribution is 2.18. The summed E-state index contributed by atoms with van der Waals surface area (Å²) < 4.78 is 0. The van der Waals surface area contributed by atoms with Crippen molar-refractivity contribution in [2.45, 2.75) is 13.3 Å². The van der Waals surface area contributed by atoms with Gasteiger partial charge >= 0.3 is 5.97 Å². The number of carboxylic acid groups (broad SMARTS) is 1. The number of hydrogen-bond donors (Lipinski definition) is 2. The number of carbonyl (C=O) groups is 2. The van der Waals surface area contributed by atoms with Crippen molar-refractivity contribution in [1.82, 2.24) is 0 Å².